The van der Waals surface area contributed by atoms with E-state index in [2.05, 4.69) is 33.1 Å². The summed E-state index contributed by atoms with van der Waals surface area (Å²) in [5.74, 6) is 5.67. The van der Waals surface area contributed by atoms with Crippen LogP contribution in [-0.2, 0) is 0 Å². The van der Waals surface area contributed by atoms with Crippen molar-refractivity contribution in [2.75, 3.05) is 11.9 Å². The maximum Gasteiger partial charge on any atom is 0.0835 e. The number of benzene rings is 1. The summed E-state index contributed by atoms with van der Waals surface area (Å²) in [6, 6.07) is 3.70. The molecule has 1 N–H and O–H groups in total. The van der Waals surface area contributed by atoms with Crippen molar-refractivity contribution in [3.8, 4) is 11.8 Å². The van der Waals surface area contributed by atoms with Gasteiger partial charge in [0.15, 0.2) is 0 Å². The van der Waals surface area contributed by atoms with Gasteiger partial charge in [0.05, 0.1) is 22.3 Å². The van der Waals surface area contributed by atoms with Gasteiger partial charge < -0.3 is 5.32 Å². The topological polar surface area (TPSA) is 12.0 Å². The van der Waals surface area contributed by atoms with Gasteiger partial charge in [-0.2, -0.15) is 0 Å². The molecule has 0 saturated carbocycles. The minimum absolute atomic E-state index is 0.513. The first-order valence-electron chi connectivity index (χ1n) is 3.93. The Morgan fingerprint density at radius 3 is 2.71 bits per heavy atom. The quantitative estimate of drug-likeness (QED) is 0.637. The normalized spacial score (nSPS) is 9.14. The van der Waals surface area contributed by atoms with E-state index >= 15 is 0 Å². The number of nitrogens with one attached hydrogen (secondary N) is 1. The van der Waals surface area contributed by atoms with Crippen LogP contribution in [0.3, 0.4) is 0 Å². The van der Waals surface area contributed by atoms with Gasteiger partial charge in [-0.15, -0.1) is 5.92 Å². The van der Waals surface area contributed by atoms with Crippen LogP contribution < -0.4 is 5.32 Å². The van der Waals surface area contributed by atoms with E-state index in [1.165, 1.54) is 0 Å². The first-order chi connectivity index (χ1) is 6.66. The summed E-state index contributed by atoms with van der Waals surface area (Å²) in [5.41, 5.74) is 0.794. The van der Waals surface area contributed by atoms with Crippen molar-refractivity contribution in [3.63, 3.8) is 0 Å². The Labute approximate surface area is 102 Å². The third-order valence-electron chi connectivity index (χ3n) is 1.58. The summed E-state index contributed by atoms with van der Waals surface area (Å²) < 4.78 is 0.788. The Kier molecular flexibility index (Phi) is 4.60. The number of hydrogen-bond donors (Lipinski definition) is 1. The van der Waals surface area contributed by atoms with E-state index in [-0.39, 0.29) is 0 Å². The highest BCUT2D eigenvalue weighted by Crippen LogP contribution is 2.35. The Morgan fingerprint density at radius 2 is 2.07 bits per heavy atom. The number of anilines is 1. The van der Waals surface area contributed by atoms with Crippen molar-refractivity contribution in [3.05, 3.63) is 26.7 Å². The second-order valence-electron chi connectivity index (χ2n) is 2.50. The molecule has 1 rings (SSSR count). The summed E-state index contributed by atoms with van der Waals surface area (Å²) in [6.07, 6.45) is 0. The molecule has 0 amide bonds. The van der Waals surface area contributed by atoms with Crippen LogP contribution in [0, 0.1) is 11.8 Å². The fourth-order valence-electron chi connectivity index (χ4n) is 0.890. The van der Waals surface area contributed by atoms with Gasteiger partial charge in [-0.3, -0.25) is 0 Å². The molecule has 4 heteroatoms. The first kappa shape index (κ1) is 11.7. The standard InChI is InChI=1S/C10H8BrCl2N/c1-2-3-6-14-8-5-4-7(11)9(12)10(8)13/h4-5,14H,6H2,1H3. The maximum absolute atomic E-state index is 6.00. The molecule has 1 aromatic carbocycles. The predicted octanol–water partition coefficient (Wildman–Crippen LogP) is 4.19. The molecular weight excluding hydrogens is 285 g/mol. The van der Waals surface area contributed by atoms with Gasteiger partial charge >= 0.3 is 0 Å². The molecule has 0 aromatic heterocycles. The molecule has 0 atom stereocenters. The first-order valence-corrected chi connectivity index (χ1v) is 5.48. The highest BCUT2D eigenvalue weighted by molar-refractivity contribution is 9.10. The molecule has 0 aliphatic rings. The van der Waals surface area contributed by atoms with E-state index in [0.29, 0.717) is 16.6 Å². The zero-order valence-corrected chi connectivity index (χ0v) is 10.6. The van der Waals surface area contributed by atoms with Gasteiger partial charge in [0, 0.05) is 4.47 Å². The third kappa shape index (κ3) is 2.81. The fraction of sp³-hybridized carbons (Fsp3) is 0.200. The van der Waals surface area contributed by atoms with Crippen molar-refractivity contribution < 1.29 is 0 Å². The van der Waals surface area contributed by atoms with E-state index in [1.807, 2.05) is 12.1 Å². The average Bonchev–Trinajstić information content (AvgIpc) is 2.18. The molecular formula is C10H8BrCl2N. The highest BCUT2D eigenvalue weighted by atomic mass is 79.9. The Balaban J connectivity index is 2.86. The van der Waals surface area contributed by atoms with Crippen molar-refractivity contribution in [2.24, 2.45) is 0 Å². The summed E-state index contributed by atoms with van der Waals surface area (Å²) in [7, 11) is 0. The largest absolute Gasteiger partial charge is 0.373 e. The third-order valence-corrected chi connectivity index (χ3v) is 3.35. The molecule has 0 aliphatic carbocycles. The van der Waals surface area contributed by atoms with E-state index in [1.54, 1.807) is 6.92 Å². The Morgan fingerprint density at radius 1 is 1.36 bits per heavy atom. The van der Waals surface area contributed by atoms with E-state index in [0.717, 1.165) is 10.2 Å². The molecule has 0 unspecified atom stereocenters. The number of halogens is 3. The monoisotopic (exact) mass is 291 g/mol. The number of hydrogen-bond acceptors (Lipinski definition) is 1. The molecule has 0 radical (unpaired) electrons. The molecule has 0 fully saturated rings. The Bertz CT molecular complexity index is 393. The van der Waals surface area contributed by atoms with Gasteiger partial charge in [-0.1, -0.05) is 29.1 Å². The van der Waals surface area contributed by atoms with E-state index in [4.69, 9.17) is 23.2 Å². The van der Waals surface area contributed by atoms with Crippen molar-refractivity contribution in [1.82, 2.24) is 0 Å². The van der Waals surface area contributed by atoms with Gasteiger partial charge in [-0.25, -0.2) is 0 Å². The molecule has 0 bridgehead atoms. The van der Waals surface area contributed by atoms with Gasteiger partial charge in [-0.05, 0) is 35.0 Å². The van der Waals surface area contributed by atoms with Crippen LogP contribution in [0.2, 0.25) is 10.0 Å². The molecule has 0 heterocycles. The minimum atomic E-state index is 0.513. The van der Waals surface area contributed by atoms with Crippen molar-refractivity contribution in [2.45, 2.75) is 6.92 Å². The van der Waals surface area contributed by atoms with Crippen LogP contribution in [0.5, 0.6) is 0 Å². The molecule has 14 heavy (non-hydrogen) atoms. The molecule has 0 spiro atoms. The summed E-state index contributed by atoms with van der Waals surface area (Å²) in [5, 5.41) is 4.10. The zero-order chi connectivity index (χ0) is 10.6. The van der Waals surface area contributed by atoms with Crippen LogP contribution in [0.15, 0.2) is 16.6 Å². The average molecular weight is 293 g/mol. The molecule has 0 saturated heterocycles. The lowest BCUT2D eigenvalue weighted by atomic mass is 10.3. The summed E-state index contributed by atoms with van der Waals surface area (Å²) in [4.78, 5) is 0. The molecule has 0 aliphatic heterocycles. The number of rotatable bonds is 2. The van der Waals surface area contributed by atoms with Gasteiger partial charge in [0.1, 0.15) is 0 Å². The highest BCUT2D eigenvalue weighted by Gasteiger charge is 2.06. The predicted molar refractivity (Wildman–Crippen MR) is 66.1 cm³/mol. The van der Waals surface area contributed by atoms with Gasteiger partial charge in [0.25, 0.3) is 0 Å². The van der Waals surface area contributed by atoms with Crippen LogP contribution >= 0.6 is 39.1 Å². The molecule has 1 aromatic rings. The van der Waals surface area contributed by atoms with E-state index in [9.17, 15) is 0 Å². The second-order valence-corrected chi connectivity index (χ2v) is 4.11. The maximum atomic E-state index is 6.00. The minimum Gasteiger partial charge on any atom is -0.373 e. The lowest BCUT2D eigenvalue weighted by Crippen LogP contribution is -1.99. The Hall–Kier alpha value is -0.360. The van der Waals surface area contributed by atoms with Gasteiger partial charge in [0.2, 0.25) is 0 Å². The van der Waals surface area contributed by atoms with Crippen LogP contribution in [0.25, 0.3) is 0 Å². The molecule has 74 valence electrons. The fourth-order valence-corrected chi connectivity index (χ4v) is 1.73. The lowest BCUT2D eigenvalue weighted by molar-refractivity contribution is 1.37. The SMILES string of the molecule is CC#CCNc1ccc(Br)c(Cl)c1Cl. The zero-order valence-electron chi connectivity index (χ0n) is 7.50. The second kappa shape index (κ2) is 5.50. The van der Waals surface area contributed by atoms with Crippen LogP contribution in [0.4, 0.5) is 5.69 Å². The summed E-state index contributed by atoms with van der Waals surface area (Å²) >= 11 is 15.2. The lowest BCUT2D eigenvalue weighted by Gasteiger charge is -2.07. The van der Waals surface area contributed by atoms with Crippen LogP contribution in [0.1, 0.15) is 6.92 Å². The van der Waals surface area contributed by atoms with E-state index < -0.39 is 0 Å². The molecule has 1 nitrogen and oxygen atoms in total. The smallest absolute Gasteiger partial charge is 0.0835 e. The summed E-state index contributed by atoms with van der Waals surface area (Å²) in [6.45, 7) is 2.35. The van der Waals surface area contributed by atoms with Crippen molar-refractivity contribution in [1.29, 1.82) is 0 Å². The van der Waals surface area contributed by atoms with Crippen LogP contribution in [-0.4, -0.2) is 6.54 Å². The van der Waals surface area contributed by atoms with Crippen molar-refractivity contribution >= 4 is 44.8 Å².